The smallest absolute Gasteiger partial charge is 0.127 e. The van der Waals surface area contributed by atoms with Gasteiger partial charge in [-0.2, -0.15) is 11.8 Å². The van der Waals surface area contributed by atoms with E-state index in [-0.39, 0.29) is 0 Å². The van der Waals surface area contributed by atoms with E-state index < -0.39 is 0 Å². The van der Waals surface area contributed by atoms with Gasteiger partial charge in [-0.3, -0.25) is 0 Å². The molecule has 0 saturated carbocycles. The minimum absolute atomic E-state index is 0.840. The molecular weight excluding hydrogens is 230 g/mol. The lowest BCUT2D eigenvalue weighted by Crippen LogP contribution is -2.19. The molecule has 0 unspecified atom stereocenters. The first-order valence-corrected chi connectivity index (χ1v) is 7.55. The average Bonchev–Trinajstić information content (AvgIpc) is 2.39. The van der Waals surface area contributed by atoms with E-state index in [1.54, 1.807) is 0 Å². The molecule has 2 N–H and O–H groups in total. The maximum atomic E-state index is 4.27. The third-order valence-corrected chi connectivity index (χ3v) is 4.10. The Bertz CT molecular complexity index is 337. The van der Waals surface area contributed by atoms with Gasteiger partial charge in [0.2, 0.25) is 0 Å². The lowest BCUT2D eigenvalue weighted by atomic mass is 10.0. The molecule has 1 saturated heterocycles. The summed E-state index contributed by atoms with van der Waals surface area (Å²) in [5, 5.41) is 6.76. The molecule has 0 amide bonds. The van der Waals surface area contributed by atoms with Crippen LogP contribution < -0.4 is 10.6 Å². The van der Waals surface area contributed by atoms with Crippen molar-refractivity contribution in [2.45, 2.75) is 19.8 Å². The number of pyridine rings is 1. The fourth-order valence-electron chi connectivity index (χ4n) is 2.03. The van der Waals surface area contributed by atoms with Crippen molar-refractivity contribution in [3.05, 3.63) is 18.3 Å². The fourth-order valence-corrected chi connectivity index (χ4v) is 3.24. The maximum absolute atomic E-state index is 4.27. The molecule has 17 heavy (non-hydrogen) atoms. The van der Waals surface area contributed by atoms with Crippen LogP contribution in [-0.4, -0.2) is 29.6 Å². The second-order valence-corrected chi connectivity index (χ2v) is 5.62. The highest BCUT2D eigenvalue weighted by Crippen LogP contribution is 2.23. The zero-order chi connectivity index (χ0) is 11.9. The quantitative estimate of drug-likeness (QED) is 0.843. The molecule has 1 aliphatic heterocycles. The molecule has 1 fully saturated rings. The number of nitrogens with one attached hydrogen (secondary N) is 2. The van der Waals surface area contributed by atoms with Crippen molar-refractivity contribution in [3.63, 3.8) is 0 Å². The fraction of sp³-hybridized carbons (Fsp3) is 0.615. The molecule has 1 aromatic rings. The van der Waals surface area contributed by atoms with Gasteiger partial charge in [0.05, 0.1) is 0 Å². The number of thioether (sulfide) groups is 1. The molecule has 0 spiro atoms. The van der Waals surface area contributed by atoms with Crippen LogP contribution >= 0.6 is 11.8 Å². The van der Waals surface area contributed by atoms with E-state index in [4.69, 9.17) is 0 Å². The van der Waals surface area contributed by atoms with Gasteiger partial charge in [0.1, 0.15) is 5.82 Å². The zero-order valence-electron chi connectivity index (χ0n) is 10.4. The number of hydrogen-bond donors (Lipinski definition) is 2. The molecular formula is C13H21N3S. The third-order valence-electron chi connectivity index (χ3n) is 3.05. The van der Waals surface area contributed by atoms with Gasteiger partial charge in [0.15, 0.2) is 0 Å². The lowest BCUT2D eigenvalue weighted by Gasteiger charge is -2.22. The van der Waals surface area contributed by atoms with Gasteiger partial charge < -0.3 is 10.6 Å². The van der Waals surface area contributed by atoms with Gasteiger partial charge in [-0.05, 0) is 43.3 Å². The second kappa shape index (κ2) is 6.74. The summed E-state index contributed by atoms with van der Waals surface area (Å²) in [6, 6.07) is 4.12. The van der Waals surface area contributed by atoms with Crippen LogP contribution in [0.1, 0.15) is 19.8 Å². The maximum Gasteiger partial charge on any atom is 0.127 e. The number of anilines is 2. The van der Waals surface area contributed by atoms with Gasteiger partial charge in [0, 0.05) is 31.0 Å². The highest BCUT2D eigenvalue weighted by Gasteiger charge is 2.13. The van der Waals surface area contributed by atoms with Crippen LogP contribution in [-0.2, 0) is 0 Å². The summed E-state index contributed by atoms with van der Waals surface area (Å²) in [5.41, 5.74) is 1.18. The molecule has 3 nitrogen and oxygen atoms in total. The summed E-state index contributed by atoms with van der Waals surface area (Å²) in [6.45, 7) is 4.09. The second-order valence-electron chi connectivity index (χ2n) is 4.40. The number of nitrogens with zero attached hydrogens (tertiary/aromatic N) is 1. The van der Waals surface area contributed by atoms with Crippen LogP contribution in [0.3, 0.4) is 0 Å². The SMILES string of the molecule is CCNc1cc(NCC2CCSCC2)ccn1. The van der Waals surface area contributed by atoms with Crippen LogP contribution in [0, 0.1) is 5.92 Å². The van der Waals surface area contributed by atoms with Gasteiger partial charge in [-0.1, -0.05) is 0 Å². The lowest BCUT2D eigenvalue weighted by molar-refractivity contribution is 0.516. The molecule has 4 heteroatoms. The first-order chi connectivity index (χ1) is 8.38. The zero-order valence-corrected chi connectivity index (χ0v) is 11.2. The van der Waals surface area contributed by atoms with Crippen LogP contribution in [0.15, 0.2) is 18.3 Å². The molecule has 0 aromatic carbocycles. The normalized spacial score (nSPS) is 16.8. The summed E-state index contributed by atoms with van der Waals surface area (Å²) in [4.78, 5) is 4.27. The number of rotatable bonds is 5. The predicted octanol–water partition coefficient (Wildman–Crippen LogP) is 3.07. The number of hydrogen-bond acceptors (Lipinski definition) is 4. The van der Waals surface area contributed by atoms with Crippen LogP contribution in [0.25, 0.3) is 0 Å². The predicted molar refractivity (Wildman–Crippen MR) is 76.9 cm³/mol. The summed E-state index contributed by atoms with van der Waals surface area (Å²) in [6.07, 6.45) is 4.56. The Hall–Kier alpha value is -0.900. The van der Waals surface area contributed by atoms with E-state index >= 15 is 0 Å². The van der Waals surface area contributed by atoms with Crippen molar-refractivity contribution >= 4 is 23.3 Å². The van der Waals surface area contributed by atoms with Gasteiger partial charge in [-0.25, -0.2) is 4.98 Å². The summed E-state index contributed by atoms with van der Waals surface area (Å²) in [7, 11) is 0. The van der Waals surface area contributed by atoms with Gasteiger partial charge in [0.25, 0.3) is 0 Å². The highest BCUT2D eigenvalue weighted by atomic mass is 32.2. The summed E-state index contributed by atoms with van der Waals surface area (Å²) in [5.74, 6) is 4.44. The first kappa shape index (κ1) is 12.6. The molecule has 0 radical (unpaired) electrons. The van der Waals surface area contributed by atoms with Crippen molar-refractivity contribution in [1.29, 1.82) is 0 Å². The Balaban J connectivity index is 1.83. The molecule has 94 valence electrons. The molecule has 2 heterocycles. The van der Waals surface area contributed by atoms with Gasteiger partial charge in [-0.15, -0.1) is 0 Å². The molecule has 0 atom stereocenters. The van der Waals surface area contributed by atoms with E-state index in [1.165, 1.54) is 30.0 Å². The Morgan fingerprint density at radius 2 is 2.18 bits per heavy atom. The third kappa shape index (κ3) is 4.11. The molecule has 2 rings (SSSR count). The van der Waals surface area contributed by atoms with Crippen molar-refractivity contribution in [2.24, 2.45) is 5.92 Å². The standard InChI is InChI=1S/C13H21N3S/c1-2-14-13-9-12(3-6-15-13)16-10-11-4-7-17-8-5-11/h3,6,9,11H,2,4-5,7-8,10H2,1H3,(H2,14,15,16). The Morgan fingerprint density at radius 1 is 1.35 bits per heavy atom. The summed E-state index contributed by atoms with van der Waals surface area (Å²) < 4.78 is 0. The first-order valence-electron chi connectivity index (χ1n) is 6.40. The average molecular weight is 251 g/mol. The Kier molecular flexibility index (Phi) is 4.98. The molecule has 0 bridgehead atoms. The molecule has 1 aromatic heterocycles. The molecule has 0 aliphatic carbocycles. The van der Waals surface area contributed by atoms with Crippen LogP contribution in [0.4, 0.5) is 11.5 Å². The Labute approximate surface area is 108 Å². The topological polar surface area (TPSA) is 37.0 Å². The highest BCUT2D eigenvalue weighted by molar-refractivity contribution is 7.99. The van der Waals surface area contributed by atoms with Crippen molar-refractivity contribution in [1.82, 2.24) is 4.98 Å². The minimum Gasteiger partial charge on any atom is -0.385 e. The molecule has 1 aliphatic rings. The largest absolute Gasteiger partial charge is 0.385 e. The monoisotopic (exact) mass is 251 g/mol. The van der Waals surface area contributed by atoms with E-state index in [0.717, 1.165) is 24.8 Å². The van der Waals surface area contributed by atoms with Crippen molar-refractivity contribution in [2.75, 3.05) is 35.2 Å². The van der Waals surface area contributed by atoms with E-state index in [1.807, 2.05) is 12.3 Å². The van der Waals surface area contributed by atoms with Crippen LogP contribution in [0.2, 0.25) is 0 Å². The van der Waals surface area contributed by atoms with Crippen molar-refractivity contribution in [3.8, 4) is 0 Å². The van der Waals surface area contributed by atoms with E-state index in [9.17, 15) is 0 Å². The van der Waals surface area contributed by atoms with Crippen LogP contribution in [0.5, 0.6) is 0 Å². The minimum atomic E-state index is 0.840. The van der Waals surface area contributed by atoms with E-state index in [0.29, 0.717) is 0 Å². The van der Waals surface area contributed by atoms with Crippen molar-refractivity contribution < 1.29 is 0 Å². The van der Waals surface area contributed by atoms with E-state index in [2.05, 4.69) is 40.4 Å². The van der Waals surface area contributed by atoms with Gasteiger partial charge >= 0.3 is 0 Å². The number of aromatic nitrogens is 1. The Morgan fingerprint density at radius 3 is 2.94 bits per heavy atom. The summed E-state index contributed by atoms with van der Waals surface area (Å²) >= 11 is 2.08.